The zero-order valence-electron chi connectivity index (χ0n) is 10.9. The molecule has 1 saturated heterocycles. The van der Waals surface area contributed by atoms with Crippen molar-refractivity contribution in [2.45, 2.75) is 44.2 Å². The van der Waals surface area contributed by atoms with E-state index in [1.54, 1.807) is 0 Å². The van der Waals surface area contributed by atoms with Gasteiger partial charge in [-0.2, -0.15) is 0 Å². The van der Waals surface area contributed by atoms with E-state index in [9.17, 15) is 0 Å². The standard InChI is InChI=1S/C13H27N3/c1-15(2)12-7-4-8-16(10-12)13(9-14)11-5-3-6-11/h11-13H,3-10,14H2,1-2H3. The molecule has 0 aromatic rings. The minimum atomic E-state index is 0.663. The maximum atomic E-state index is 5.98. The van der Waals surface area contributed by atoms with Crippen molar-refractivity contribution < 1.29 is 0 Å². The van der Waals surface area contributed by atoms with Crippen LogP contribution in [0.15, 0.2) is 0 Å². The molecule has 0 amide bonds. The highest BCUT2D eigenvalue weighted by molar-refractivity contribution is 4.89. The summed E-state index contributed by atoms with van der Waals surface area (Å²) in [6.07, 6.45) is 6.93. The lowest BCUT2D eigenvalue weighted by molar-refractivity contribution is 0.0493. The number of likely N-dealkylation sites (N-methyl/N-ethyl adjacent to an activating group) is 1. The van der Waals surface area contributed by atoms with Gasteiger partial charge < -0.3 is 10.6 Å². The lowest BCUT2D eigenvalue weighted by Crippen LogP contribution is -2.54. The predicted octanol–water partition coefficient (Wildman–Crippen LogP) is 1.14. The molecule has 0 spiro atoms. The zero-order valence-corrected chi connectivity index (χ0v) is 10.9. The molecule has 3 nitrogen and oxygen atoms in total. The van der Waals surface area contributed by atoms with Crippen LogP contribution in [0.1, 0.15) is 32.1 Å². The predicted molar refractivity (Wildman–Crippen MR) is 68.5 cm³/mol. The molecule has 3 heteroatoms. The first kappa shape index (κ1) is 12.3. The molecule has 2 atom stereocenters. The summed E-state index contributed by atoms with van der Waals surface area (Å²) in [5, 5.41) is 0. The van der Waals surface area contributed by atoms with Gasteiger partial charge in [-0.05, 0) is 52.2 Å². The minimum Gasteiger partial charge on any atom is -0.329 e. The van der Waals surface area contributed by atoms with Crippen molar-refractivity contribution in [3.8, 4) is 0 Å². The van der Waals surface area contributed by atoms with Crippen molar-refractivity contribution in [3.63, 3.8) is 0 Å². The monoisotopic (exact) mass is 225 g/mol. The Labute approximate surface area is 100.0 Å². The normalized spacial score (nSPS) is 30.4. The summed E-state index contributed by atoms with van der Waals surface area (Å²) in [6, 6.07) is 1.40. The second-order valence-corrected chi connectivity index (χ2v) is 5.75. The van der Waals surface area contributed by atoms with Crippen LogP contribution in [0.25, 0.3) is 0 Å². The van der Waals surface area contributed by atoms with Gasteiger partial charge in [0.1, 0.15) is 0 Å². The van der Waals surface area contributed by atoms with E-state index in [2.05, 4.69) is 23.9 Å². The van der Waals surface area contributed by atoms with E-state index in [0.29, 0.717) is 6.04 Å². The summed E-state index contributed by atoms with van der Waals surface area (Å²) < 4.78 is 0. The fourth-order valence-electron chi connectivity index (χ4n) is 3.17. The summed E-state index contributed by atoms with van der Waals surface area (Å²) in [6.45, 7) is 3.35. The average molecular weight is 225 g/mol. The molecule has 94 valence electrons. The molecule has 1 aliphatic heterocycles. The number of nitrogens with two attached hydrogens (primary N) is 1. The molecule has 0 bridgehead atoms. The number of rotatable bonds is 4. The van der Waals surface area contributed by atoms with Gasteiger partial charge >= 0.3 is 0 Å². The Kier molecular flexibility index (Phi) is 4.22. The molecular formula is C13H27N3. The van der Waals surface area contributed by atoms with E-state index in [1.807, 2.05) is 0 Å². The van der Waals surface area contributed by atoms with Crippen molar-refractivity contribution in [2.75, 3.05) is 33.7 Å². The van der Waals surface area contributed by atoms with Gasteiger partial charge in [0, 0.05) is 25.2 Å². The van der Waals surface area contributed by atoms with Crippen LogP contribution in [-0.2, 0) is 0 Å². The van der Waals surface area contributed by atoms with Crippen molar-refractivity contribution in [2.24, 2.45) is 11.7 Å². The molecule has 2 unspecified atom stereocenters. The summed E-state index contributed by atoms with van der Waals surface area (Å²) >= 11 is 0. The van der Waals surface area contributed by atoms with Gasteiger partial charge in [0.15, 0.2) is 0 Å². The van der Waals surface area contributed by atoms with E-state index >= 15 is 0 Å². The molecule has 2 rings (SSSR count). The van der Waals surface area contributed by atoms with Crippen LogP contribution in [0.4, 0.5) is 0 Å². The van der Waals surface area contributed by atoms with Crippen LogP contribution in [0, 0.1) is 5.92 Å². The fraction of sp³-hybridized carbons (Fsp3) is 1.00. The molecule has 2 fully saturated rings. The molecule has 1 aliphatic carbocycles. The first-order chi connectivity index (χ1) is 7.72. The molecule has 0 radical (unpaired) electrons. The molecule has 1 heterocycles. The summed E-state index contributed by atoms with van der Waals surface area (Å²) in [4.78, 5) is 5.04. The molecule has 1 saturated carbocycles. The van der Waals surface area contributed by atoms with E-state index in [-0.39, 0.29) is 0 Å². The lowest BCUT2D eigenvalue weighted by Gasteiger charge is -2.45. The lowest BCUT2D eigenvalue weighted by atomic mass is 9.78. The number of piperidine rings is 1. The minimum absolute atomic E-state index is 0.663. The van der Waals surface area contributed by atoms with E-state index < -0.39 is 0 Å². The van der Waals surface area contributed by atoms with Crippen LogP contribution in [0.5, 0.6) is 0 Å². The van der Waals surface area contributed by atoms with Gasteiger partial charge in [-0.15, -0.1) is 0 Å². The highest BCUT2D eigenvalue weighted by Crippen LogP contribution is 2.33. The largest absolute Gasteiger partial charge is 0.329 e. The van der Waals surface area contributed by atoms with Crippen LogP contribution < -0.4 is 5.73 Å². The molecule has 2 N–H and O–H groups in total. The first-order valence-electron chi connectivity index (χ1n) is 6.83. The summed E-state index contributed by atoms with van der Waals surface area (Å²) in [7, 11) is 4.41. The van der Waals surface area contributed by atoms with Crippen molar-refractivity contribution >= 4 is 0 Å². The smallest absolute Gasteiger partial charge is 0.0247 e. The van der Waals surface area contributed by atoms with Gasteiger partial charge in [0.25, 0.3) is 0 Å². The molecule has 16 heavy (non-hydrogen) atoms. The third-order valence-electron chi connectivity index (χ3n) is 4.56. The molecule has 2 aliphatic rings. The van der Waals surface area contributed by atoms with Gasteiger partial charge in [-0.1, -0.05) is 6.42 Å². The van der Waals surface area contributed by atoms with Crippen LogP contribution >= 0.6 is 0 Å². The van der Waals surface area contributed by atoms with Crippen molar-refractivity contribution in [1.29, 1.82) is 0 Å². The van der Waals surface area contributed by atoms with Crippen LogP contribution in [0.3, 0.4) is 0 Å². The summed E-state index contributed by atoms with van der Waals surface area (Å²) in [5.74, 6) is 0.894. The van der Waals surface area contributed by atoms with E-state index in [0.717, 1.165) is 18.5 Å². The molecular weight excluding hydrogens is 198 g/mol. The Balaban J connectivity index is 1.91. The highest BCUT2D eigenvalue weighted by atomic mass is 15.2. The number of hydrogen-bond acceptors (Lipinski definition) is 3. The van der Waals surface area contributed by atoms with Gasteiger partial charge in [0.2, 0.25) is 0 Å². The van der Waals surface area contributed by atoms with Gasteiger partial charge in [-0.25, -0.2) is 0 Å². The van der Waals surface area contributed by atoms with Gasteiger partial charge in [0.05, 0.1) is 0 Å². The third-order valence-corrected chi connectivity index (χ3v) is 4.56. The Bertz CT molecular complexity index is 213. The maximum absolute atomic E-state index is 5.98. The Hall–Kier alpha value is -0.120. The SMILES string of the molecule is CN(C)C1CCCN(C(CN)C2CCC2)C1. The number of nitrogens with zero attached hydrogens (tertiary/aromatic N) is 2. The second-order valence-electron chi connectivity index (χ2n) is 5.75. The number of hydrogen-bond donors (Lipinski definition) is 1. The Morgan fingerprint density at radius 2 is 2.00 bits per heavy atom. The second kappa shape index (κ2) is 5.48. The molecule has 0 aromatic heterocycles. The maximum Gasteiger partial charge on any atom is 0.0247 e. The Morgan fingerprint density at radius 3 is 2.50 bits per heavy atom. The van der Waals surface area contributed by atoms with Crippen molar-refractivity contribution in [3.05, 3.63) is 0 Å². The average Bonchev–Trinajstić information content (AvgIpc) is 2.23. The van der Waals surface area contributed by atoms with Crippen molar-refractivity contribution in [1.82, 2.24) is 9.80 Å². The van der Waals surface area contributed by atoms with E-state index in [1.165, 1.54) is 45.2 Å². The van der Waals surface area contributed by atoms with Crippen LogP contribution in [0.2, 0.25) is 0 Å². The first-order valence-corrected chi connectivity index (χ1v) is 6.83. The summed E-state index contributed by atoms with van der Waals surface area (Å²) in [5.41, 5.74) is 5.98. The zero-order chi connectivity index (χ0) is 11.5. The highest BCUT2D eigenvalue weighted by Gasteiger charge is 2.33. The third kappa shape index (κ3) is 2.58. The quantitative estimate of drug-likeness (QED) is 0.779. The topological polar surface area (TPSA) is 32.5 Å². The van der Waals surface area contributed by atoms with Gasteiger partial charge in [-0.3, -0.25) is 4.90 Å². The number of likely N-dealkylation sites (tertiary alicyclic amines) is 1. The van der Waals surface area contributed by atoms with E-state index in [4.69, 9.17) is 5.73 Å². The Morgan fingerprint density at radius 1 is 1.25 bits per heavy atom. The fourth-order valence-corrected chi connectivity index (χ4v) is 3.17. The van der Waals surface area contributed by atoms with Crippen LogP contribution in [-0.4, -0.2) is 55.6 Å². The molecule has 0 aromatic carbocycles.